The number of hydrogen-bond donors (Lipinski definition) is 0. The highest BCUT2D eigenvalue weighted by Gasteiger charge is 2.29. The van der Waals surface area contributed by atoms with Gasteiger partial charge in [0.1, 0.15) is 11.0 Å². The second kappa shape index (κ2) is 15.3. The van der Waals surface area contributed by atoms with Gasteiger partial charge in [-0.1, -0.05) is 182 Å². The first-order chi connectivity index (χ1) is 30.1. The molecule has 0 aliphatic heterocycles. The van der Waals surface area contributed by atoms with Gasteiger partial charge in [-0.2, -0.15) is 8.75 Å². The number of benzene rings is 8. The molecule has 0 fully saturated rings. The summed E-state index contributed by atoms with van der Waals surface area (Å²) in [5, 5.41) is 5.47. The number of aromatic nitrogens is 5. The molecule has 0 atom stereocenters. The molecule has 0 aliphatic rings. The predicted octanol–water partition coefficient (Wildman–Crippen LogP) is 12.2. The topological polar surface area (TPSA) is 81.5 Å². The summed E-state index contributed by atoms with van der Waals surface area (Å²) < 4.78 is 24.9. The Morgan fingerprint density at radius 1 is 0.393 bits per heavy atom. The zero-order valence-corrected chi connectivity index (χ0v) is 34.3. The molecule has 8 heteroatoms. The molecule has 11 aromatic rings. The van der Waals surface area contributed by atoms with Crippen molar-refractivity contribution in [1.29, 1.82) is 0 Å². The van der Waals surface area contributed by atoms with E-state index in [9.17, 15) is 0 Å². The van der Waals surface area contributed by atoms with Crippen molar-refractivity contribution in [2.45, 2.75) is 0 Å². The summed E-state index contributed by atoms with van der Waals surface area (Å²) in [6.07, 6.45) is 0. The fourth-order valence-electron chi connectivity index (χ4n) is 8.27. The van der Waals surface area contributed by atoms with E-state index >= 15 is 4.57 Å². The van der Waals surface area contributed by atoms with E-state index in [1.54, 1.807) is 0 Å². The van der Waals surface area contributed by atoms with Crippen molar-refractivity contribution >= 4 is 67.5 Å². The molecule has 6 nitrogen and oxygen atoms in total. The van der Waals surface area contributed by atoms with Gasteiger partial charge in [0.05, 0.1) is 34.3 Å². The number of para-hydroxylation sites is 1. The van der Waals surface area contributed by atoms with Gasteiger partial charge < -0.3 is 4.57 Å². The fraction of sp³-hybridized carbons (Fsp3) is 0. The maximum Gasteiger partial charge on any atom is 0.171 e. The predicted molar refractivity (Wildman–Crippen MR) is 252 cm³/mol. The molecule has 61 heavy (non-hydrogen) atoms. The summed E-state index contributed by atoms with van der Waals surface area (Å²) in [6, 6.07) is 68.9. The Balaban J connectivity index is 1.06. The summed E-state index contributed by atoms with van der Waals surface area (Å²) >= 11 is 1.23. The standard InChI is InChI=1S/C53H34N5OPS/c59-60(40-22-9-3-10-23-40,41-24-11-4-12-25-41)42-30-28-35(29-31-42)47-34-48(56-53(55-47)37-18-7-2-8-19-37)39-21-15-20-38(32-39)44-33-45-49(52-51(44)57-61-58-52)43-26-13-14-27-46(43)54-50(45)36-16-5-1-6-17-36/h1-34H. The van der Waals surface area contributed by atoms with Gasteiger partial charge in [0, 0.05) is 59.9 Å². The second-order valence-electron chi connectivity index (χ2n) is 14.9. The average Bonchev–Trinajstić information content (AvgIpc) is 3.85. The number of nitrogens with zero attached hydrogens (tertiary/aromatic N) is 5. The Labute approximate surface area is 356 Å². The Bertz CT molecular complexity index is 3390. The van der Waals surface area contributed by atoms with Crippen LogP contribution in [0.15, 0.2) is 206 Å². The molecule has 0 amide bonds. The molecule has 8 aromatic carbocycles. The highest BCUT2D eigenvalue weighted by Crippen LogP contribution is 2.44. The van der Waals surface area contributed by atoms with Crippen molar-refractivity contribution in [3.8, 4) is 56.3 Å². The third kappa shape index (κ3) is 6.52. The first-order valence-corrected chi connectivity index (χ1v) is 22.5. The van der Waals surface area contributed by atoms with Crippen molar-refractivity contribution in [2.75, 3.05) is 0 Å². The van der Waals surface area contributed by atoms with Crippen LogP contribution < -0.4 is 15.9 Å². The number of fused-ring (bicyclic) bond motifs is 5. The van der Waals surface area contributed by atoms with E-state index in [0.717, 1.165) is 99.1 Å². The van der Waals surface area contributed by atoms with Gasteiger partial charge in [-0.25, -0.2) is 15.0 Å². The van der Waals surface area contributed by atoms with Crippen LogP contribution in [0.4, 0.5) is 0 Å². The van der Waals surface area contributed by atoms with E-state index in [4.69, 9.17) is 23.7 Å². The lowest BCUT2D eigenvalue weighted by molar-refractivity contribution is 0.592. The van der Waals surface area contributed by atoms with Crippen LogP contribution in [0.5, 0.6) is 0 Å². The summed E-state index contributed by atoms with van der Waals surface area (Å²) in [5.74, 6) is 0.615. The van der Waals surface area contributed by atoms with Gasteiger partial charge in [0.15, 0.2) is 13.0 Å². The van der Waals surface area contributed by atoms with Crippen molar-refractivity contribution in [2.24, 2.45) is 0 Å². The molecule has 0 radical (unpaired) electrons. The Kier molecular flexibility index (Phi) is 9.19. The highest BCUT2D eigenvalue weighted by atomic mass is 32.1. The second-order valence-corrected chi connectivity index (χ2v) is 18.2. The molecule has 288 valence electrons. The molecular formula is C53H34N5OPS. The Hall–Kier alpha value is -7.44. The Morgan fingerprint density at radius 2 is 0.934 bits per heavy atom. The molecule has 0 bridgehead atoms. The van der Waals surface area contributed by atoms with Crippen LogP contribution in [-0.4, -0.2) is 23.7 Å². The van der Waals surface area contributed by atoms with E-state index < -0.39 is 7.14 Å². The SMILES string of the molecule is O=P(c1ccccc1)(c1ccccc1)c1ccc(-c2cc(-c3cccc(-c4cc5c(-c6ccccc6)nc6ccccc6c5c5nsnc45)c3)nc(-c3ccccc3)n2)cc1. The van der Waals surface area contributed by atoms with E-state index in [1.165, 1.54) is 11.7 Å². The quantitative estimate of drug-likeness (QED) is 0.112. The van der Waals surface area contributed by atoms with Crippen LogP contribution in [0, 0.1) is 0 Å². The molecular weight excluding hydrogens is 786 g/mol. The van der Waals surface area contributed by atoms with Gasteiger partial charge in [-0.3, -0.25) is 0 Å². The minimum absolute atomic E-state index is 0.615. The monoisotopic (exact) mass is 819 g/mol. The molecule has 0 saturated carbocycles. The normalized spacial score (nSPS) is 11.7. The van der Waals surface area contributed by atoms with Crippen LogP contribution in [-0.2, 0) is 4.57 Å². The minimum Gasteiger partial charge on any atom is -0.309 e. The lowest BCUT2D eigenvalue weighted by Gasteiger charge is -2.20. The molecule has 11 rings (SSSR count). The smallest absolute Gasteiger partial charge is 0.171 e. The van der Waals surface area contributed by atoms with E-state index in [1.807, 2.05) is 146 Å². The lowest BCUT2D eigenvalue weighted by atomic mass is 9.93. The molecule has 3 aromatic heterocycles. The van der Waals surface area contributed by atoms with Gasteiger partial charge in [-0.15, -0.1) is 0 Å². The summed E-state index contributed by atoms with van der Waals surface area (Å²) in [5.41, 5.74) is 10.8. The maximum atomic E-state index is 15.1. The number of pyridine rings is 1. The van der Waals surface area contributed by atoms with Crippen LogP contribution in [0.1, 0.15) is 0 Å². The van der Waals surface area contributed by atoms with Gasteiger partial charge in [0.2, 0.25) is 0 Å². The molecule has 0 aliphatic carbocycles. The van der Waals surface area contributed by atoms with E-state index in [2.05, 4.69) is 60.7 Å². The number of rotatable bonds is 8. The van der Waals surface area contributed by atoms with E-state index in [0.29, 0.717) is 5.82 Å². The average molecular weight is 820 g/mol. The lowest BCUT2D eigenvalue weighted by Crippen LogP contribution is -2.24. The van der Waals surface area contributed by atoms with Crippen LogP contribution in [0.25, 0.3) is 89.0 Å². The van der Waals surface area contributed by atoms with Crippen molar-refractivity contribution < 1.29 is 4.57 Å². The van der Waals surface area contributed by atoms with Crippen LogP contribution in [0.3, 0.4) is 0 Å². The summed E-state index contributed by atoms with van der Waals surface area (Å²) in [4.78, 5) is 15.5. The fourth-order valence-corrected chi connectivity index (χ4v) is 11.5. The first-order valence-electron chi connectivity index (χ1n) is 20.0. The summed E-state index contributed by atoms with van der Waals surface area (Å²) in [7, 11) is -3.14. The molecule has 0 saturated heterocycles. The largest absolute Gasteiger partial charge is 0.309 e. The van der Waals surface area contributed by atoms with E-state index in [-0.39, 0.29) is 0 Å². The zero-order chi connectivity index (χ0) is 40.8. The van der Waals surface area contributed by atoms with Crippen molar-refractivity contribution in [1.82, 2.24) is 23.7 Å². The molecule has 0 spiro atoms. The third-order valence-corrected chi connectivity index (χ3v) is 14.8. The van der Waals surface area contributed by atoms with Gasteiger partial charge in [0.25, 0.3) is 0 Å². The maximum absolute atomic E-state index is 15.1. The van der Waals surface area contributed by atoms with Crippen LogP contribution in [0.2, 0.25) is 0 Å². The molecule has 0 unspecified atom stereocenters. The molecule has 3 heterocycles. The third-order valence-electron chi connectivity index (χ3n) is 11.2. The van der Waals surface area contributed by atoms with Crippen LogP contribution >= 0.6 is 18.9 Å². The first kappa shape index (κ1) is 36.6. The van der Waals surface area contributed by atoms with Gasteiger partial charge in [-0.05, 0) is 29.8 Å². The molecule has 0 N–H and O–H groups in total. The zero-order valence-electron chi connectivity index (χ0n) is 32.6. The van der Waals surface area contributed by atoms with Crippen molar-refractivity contribution in [3.05, 3.63) is 206 Å². The summed E-state index contributed by atoms with van der Waals surface area (Å²) in [6.45, 7) is 0. The van der Waals surface area contributed by atoms with Crippen molar-refractivity contribution in [3.63, 3.8) is 0 Å². The van der Waals surface area contributed by atoms with Gasteiger partial charge >= 0.3 is 0 Å². The Morgan fingerprint density at radius 3 is 1.62 bits per heavy atom. The highest BCUT2D eigenvalue weighted by molar-refractivity contribution is 7.85. The minimum atomic E-state index is -3.14. The number of hydrogen-bond acceptors (Lipinski definition) is 7.